The summed E-state index contributed by atoms with van der Waals surface area (Å²) >= 11 is 0. The van der Waals surface area contributed by atoms with Crippen LogP contribution < -0.4 is 10.4 Å². The SMILES string of the molecule is C=CC(=O)OCCCCCCCCOc1ccc2cc(-c3cccc(CC)c3CC(C)C)c(=O)oc2c1. The molecule has 0 fully saturated rings. The Morgan fingerprint density at radius 2 is 1.70 bits per heavy atom. The molecule has 5 heteroatoms. The van der Waals surface area contributed by atoms with Gasteiger partial charge in [0.2, 0.25) is 0 Å². The summed E-state index contributed by atoms with van der Waals surface area (Å²) in [6.45, 7) is 11.0. The first-order valence-electron chi connectivity index (χ1n) is 13.5. The van der Waals surface area contributed by atoms with Crippen molar-refractivity contribution >= 4 is 16.9 Å². The van der Waals surface area contributed by atoms with Gasteiger partial charge < -0.3 is 13.9 Å². The number of hydrogen-bond acceptors (Lipinski definition) is 5. The zero-order valence-corrected chi connectivity index (χ0v) is 22.5. The van der Waals surface area contributed by atoms with E-state index in [1.807, 2.05) is 36.4 Å². The third-order valence-electron chi connectivity index (χ3n) is 6.48. The lowest BCUT2D eigenvalue weighted by molar-refractivity contribution is -0.137. The number of aryl methyl sites for hydroxylation is 1. The maximum absolute atomic E-state index is 13.0. The van der Waals surface area contributed by atoms with Crippen molar-refractivity contribution in [2.45, 2.75) is 72.1 Å². The molecule has 5 nitrogen and oxygen atoms in total. The number of rotatable bonds is 15. The maximum atomic E-state index is 13.0. The normalized spacial score (nSPS) is 11.1. The number of benzene rings is 2. The molecule has 0 aliphatic carbocycles. The van der Waals surface area contributed by atoms with Crippen LogP contribution in [0.2, 0.25) is 0 Å². The average molecular weight is 505 g/mol. The molecule has 3 aromatic rings. The van der Waals surface area contributed by atoms with Crippen molar-refractivity contribution < 1.29 is 18.7 Å². The highest BCUT2D eigenvalue weighted by molar-refractivity contribution is 5.83. The minimum Gasteiger partial charge on any atom is -0.493 e. The van der Waals surface area contributed by atoms with E-state index in [2.05, 4.69) is 33.4 Å². The Labute approximate surface area is 220 Å². The van der Waals surface area contributed by atoms with Gasteiger partial charge >= 0.3 is 11.6 Å². The van der Waals surface area contributed by atoms with Gasteiger partial charge in [-0.1, -0.05) is 71.2 Å². The fraction of sp³-hybridized carbons (Fsp3) is 0.438. The summed E-state index contributed by atoms with van der Waals surface area (Å²) in [5.74, 6) is 0.844. The number of esters is 1. The molecule has 3 rings (SSSR count). The van der Waals surface area contributed by atoms with Crippen LogP contribution in [-0.4, -0.2) is 19.2 Å². The van der Waals surface area contributed by atoms with E-state index >= 15 is 0 Å². The van der Waals surface area contributed by atoms with Crippen molar-refractivity contribution in [3.8, 4) is 16.9 Å². The van der Waals surface area contributed by atoms with Crippen LogP contribution in [0, 0.1) is 5.92 Å². The zero-order valence-electron chi connectivity index (χ0n) is 22.5. The highest BCUT2D eigenvalue weighted by Crippen LogP contribution is 2.30. The highest BCUT2D eigenvalue weighted by Gasteiger charge is 2.15. The van der Waals surface area contributed by atoms with Crippen molar-refractivity contribution in [1.29, 1.82) is 0 Å². The summed E-state index contributed by atoms with van der Waals surface area (Å²) in [5, 5.41) is 0.887. The lowest BCUT2D eigenvalue weighted by atomic mass is 9.89. The van der Waals surface area contributed by atoms with Gasteiger partial charge in [-0.2, -0.15) is 0 Å². The van der Waals surface area contributed by atoms with Gasteiger partial charge in [-0.25, -0.2) is 9.59 Å². The monoisotopic (exact) mass is 504 g/mol. The predicted molar refractivity (Wildman–Crippen MR) is 150 cm³/mol. The van der Waals surface area contributed by atoms with Crippen LogP contribution in [0.3, 0.4) is 0 Å². The van der Waals surface area contributed by atoms with Crippen molar-refractivity contribution in [3.05, 3.63) is 76.7 Å². The predicted octanol–water partition coefficient (Wildman–Crippen LogP) is 7.67. The first-order chi connectivity index (χ1) is 17.9. The number of ether oxygens (including phenoxy) is 2. The summed E-state index contributed by atoms with van der Waals surface area (Å²) < 4.78 is 16.7. The standard InChI is InChI=1S/C32H40O5/c1-5-24-14-13-15-27(28(24)20-23(3)4)29-21-25-16-17-26(22-30(25)37-32(29)34)35-18-11-9-7-8-10-12-19-36-31(33)6-2/h6,13-17,21-23H,2,5,7-12,18-20H2,1,3-4H3. The molecule has 0 aliphatic rings. The largest absolute Gasteiger partial charge is 0.493 e. The fourth-order valence-corrected chi connectivity index (χ4v) is 4.57. The Balaban J connectivity index is 1.56. The van der Waals surface area contributed by atoms with E-state index in [1.165, 1.54) is 17.2 Å². The molecule has 0 saturated heterocycles. The lowest BCUT2D eigenvalue weighted by Gasteiger charge is -2.16. The van der Waals surface area contributed by atoms with E-state index < -0.39 is 0 Å². The molecule has 2 aromatic carbocycles. The molecule has 0 unspecified atom stereocenters. The molecule has 0 aliphatic heterocycles. The van der Waals surface area contributed by atoms with Gasteiger partial charge in [0.05, 0.1) is 18.8 Å². The second-order valence-corrected chi connectivity index (χ2v) is 9.88. The van der Waals surface area contributed by atoms with E-state index in [1.54, 1.807) is 0 Å². The minimum atomic E-state index is -0.358. The van der Waals surface area contributed by atoms with Gasteiger partial charge in [-0.15, -0.1) is 0 Å². The van der Waals surface area contributed by atoms with E-state index in [9.17, 15) is 9.59 Å². The number of carbonyl (C=O) groups is 1. The van der Waals surface area contributed by atoms with Gasteiger partial charge in [0.25, 0.3) is 0 Å². The fourth-order valence-electron chi connectivity index (χ4n) is 4.57. The Bertz CT molecular complexity index is 1240. The van der Waals surface area contributed by atoms with Gasteiger partial charge in [-0.05, 0) is 66.5 Å². The maximum Gasteiger partial charge on any atom is 0.344 e. The summed E-state index contributed by atoms with van der Waals surface area (Å²) in [4.78, 5) is 24.0. The lowest BCUT2D eigenvalue weighted by Crippen LogP contribution is -2.08. The molecule has 0 saturated carbocycles. The van der Waals surface area contributed by atoms with Crippen LogP contribution in [-0.2, 0) is 22.4 Å². The zero-order chi connectivity index (χ0) is 26.6. The van der Waals surface area contributed by atoms with Crippen LogP contribution >= 0.6 is 0 Å². The average Bonchev–Trinajstić information content (AvgIpc) is 2.89. The van der Waals surface area contributed by atoms with Crippen LogP contribution in [0.15, 0.2) is 64.3 Å². The summed E-state index contributed by atoms with van der Waals surface area (Å²) in [7, 11) is 0. The Morgan fingerprint density at radius 3 is 2.41 bits per heavy atom. The Kier molecular flexibility index (Phi) is 11.0. The van der Waals surface area contributed by atoms with Crippen LogP contribution in [0.25, 0.3) is 22.1 Å². The first-order valence-corrected chi connectivity index (χ1v) is 13.5. The number of fused-ring (bicyclic) bond motifs is 1. The first kappa shape index (κ1) is 28.2. The summed E-state index contributed by atoms with van der Waals surface area (Å²) in [6, 6.07) is 13.9. The molecule has 0 spiro atoms. The van der Waals surface area contributed by atoms with Crippen LogP contribution in [0.4, 0.5) is 0 Å². The smallest absolute Gasteiger partial charge is 0.344 e. The second kappa shape index (κ2) is 14.4. The number of carbonyl (C=O) groups excluding carboxylic acids is 1. The van der Waals surface area contributed by atoms with E-state index in [0.717, 1.165) is 62.3 Å². The molecule has 0 amide bonds. The summed E-state index contributed by atoms with van der Waals surface area (Å²) in [6.07, 6.45) is 9.23. The molecule has 0 bridgehead atoms. The van der Waals surface area contributed by atoms with E-state index in [-0.39, 0.29) is 11.6 Å². The van der Waals surface area contributed by atoms with Crippen molar-refractivity contribution in [2.24, 2.45) is 5.92 Å². The van der Waals surface area contributed by atoms with Crippen molar-refractivity contribution in [2.75, 3.05) is 13.2 Å². The topological polar surface area (TPSA) is 65.7 Å². The molecule has 1 aromatic heterocycles. The van der Waals surface area contributed by atoms with Crippen LogP contribution in [0.1, 0.15) is 70.4 Å². The summed E-state index contributed by atoms with van der Waals surface area (Å²) in [5.41, 5.74) is 4.33. The van der Waals surface area contributed by atoms with Gasteiger partial charge in [-0.3, -0.25) is 0 Å². The molecule has 1 heterocycles. The number of unbranched alkanes of at least 4 members (excludes halogenated alkanes) is 5. The van der Waals surface area contributed by atoms with Gasteiger partial charge in [0, 0.05) is 17.5 Å². The molecule has 0 atom stereocenters. The molecule has 198 valence electrons. The van der Waals surface area contributed by atoms with E-state index in [0.29, 0.717) is 36.0 Å². The Morgan fingerprint density at radius 1 is 0.973 bits per heavy atom. The van der Waals surface area contributed by atoms with Crippen molar-refractivity contribution in [3.63, 3.8) is 0 Å². The van der Waals surface area contributed by atoms with Gasteiger partial charge in [0.1, 0.15) is 11.3 Å². The molecular formula is C32H40O5. The number of hydrogen-bond donors (Lipinski definition) is 0. The third kappa shape index (κ3) is 8.34. The molecule has 0 radical (unpaired) electrons. The third-order valence-corrected chi connectivity index (χ3v) is 6.48. The quantitative estimate of drug-likeness (QED) is 0.0919. The van der Waals surface area contributed by atoms with Crippen molar-refractivity contribution in [1.82, 2.24) is 0 Å². The highest BCUT2D eigenvalue weighted by atomic mass is 16.5. The van der Waals surface area contributed by atoms with Crippen LogP contribution in [0.5, 0.6) is 5.75 Å². The Hall–Kier alpha value is -3.34. The van der Waals surface area contributed by atoms with Gasteiger partial charge in [0.15, 0.2) is 0 Å². The van der Waals surface area contributed by atoms with E-state index in [4.69, 9.17) is 13.9 Å². The molecule has 37 heavy (non-hydrogen) atoms. The minimum absolute atomic E-state index is 0.317. The molecule has 0 N–H and O–H groups in total. The second-order valence-electron chi connectivity index (χ2n) is 9.88. The molecular weight excluding hydrogens is 464 g/mol.